The molecule has 6 nitrogen and oxygen atoms in total. The number of piperidine rings is 1. The summed E-state index contributed by atoms with van der Waals surface area (Å²) in [6.07, 6.45) is 3.79. The molecule has 1 rings (SSSR count). The van der Waals surface area contributed by atoms with E-state index in [1.54, 1.807) is 22.9 Å². The molecule has 0 bridgehead atoms. The minimum absolute atomic E-state index is 0.234. The molecule has 1 aliphatic rings. The maximum absolute atomic E-state index is 12.0. The molecular weight excluding hydrogens is 296 g/mol. The predicted molar refractivity (Wildman–Crippen MR) is 89.3 cm³/mol. The third-order valence-electron chi connectivity index (χ3n) is 3.78. The number of ether oxygens (including phenoxy) is 2. The first-order chi connectivity index (χ1) is 10.7. The van der Waals surface area contributed by atoms with Crippen molar-refractivity contribution in [2.75, 3.05) is 33.3 Å². The van der Waals surface area contributed by atoms with Crippen LogP contribution in [0.5, 0.6) is 0 Å². The molecule has 6 heteroatoms. The first-order valence-electron chi connectivity index (χ1n) is 8.19. The molecule has 0 N–H and O–H groups in total. The Labute approximate surface area is 139 Å². The molecule has 1 aliphatic heterocycles. The number of hydrogen-bond acceptors (Lipinski definition) is 4. The van der Waals surface area contributed by atoms with Gasteiger partial charge in [-0.25, -0.2) is 9.59 Å². The van der Waals surface area contributed by atoms with Crippen molar-refractivity contribution in [3.8, 4) is 0 Å². The lowest BCUT2D eigenvalue weighted by Crippen LogP contribution is -2.42. The van der Waals surface area contributed by atoms with Crippen molar-refractivity contribution in [1.82, 2.24) is 9.80 Å². The highest BCUT2D eigenvalue weighted by molar-refractivity contribution is 5.68. The third kappa shape index (κ3) is 7.39. The molecule has 2 amide bonds. The van der Waals surface area contributed by atoms with Gasteiger partial charge in [0.05, 0.1) is 0 Å². The smallest absolute Gasteiger partial charge is 0.410 e. The molecule has 1 heterocycles. The van der Waals surface area contributed by atoms with E-state index in [1.807, 2.05) is 20.8 Å². The summed E-state index contributed by atoms with van der Waals surface area (Å²) >= 11 is 0. The zero-order valence-corrected chi connectivity index (χ0v) is 14.8. The summed E-state index contributed by atoms with van der Waals surface area (Å²) in [6.45, 7) is 11.5. The van der Waals surface area contributed by atoms with Crippen LogP contribution in [-0.2, 0) is 9.47 Å². The monoisotopic (exact) mass is 326 g/mol. The predicted octanol–water partition coefficient (Wildman–Crippen LogP) is 3.28. The van der Waals surface area contributed by atoms with Crippen LogP contribution >= 0.6 is 0 Å². The fraction of sp³-hybridized carbons (Fsp3) is 0.765. The van der Waals surface area contributed by atoms with Gasteiger partial charge in [-0.1, -0.05) is 12.7 Å². The Morgan fingerprint density at radius 2 is 1.91 bits per heavy atom. The molecule has 0 radical (unpaired) electrons. The maximum atomic E-state index is 12.0. The van der Waals surface area contributed by atoms with E-state index in [9.17, 15) is 9.59 Å². The zero-order valence-electron chi connectivity index (χ0n) is 14.8. The van der Waals surface area contributed by atoms with Crippen molar-refractivity contribution in [2.24, 2.45) is 5.92 Å². The summed E-state index contributed by atoms with van der Waals surface area (Å²) < 4.78 is 10.4. The van der Waals surface area contributed by atoms with Gasteiger partial charge in [-0.2, -0.15) is 0 Å². The molecule has 0 aliphatic carbocycles. The normalized spacial score (nSPS) is 15.9. The van der Waals surface area contributed by atoms with Crippen LogP contribution in [0.4, 0.5) is 9.59 Å². The van der Waals surface area contributed by atoms with E-state index in [4.69, 9.17) is 9.47 Å². The average Bonchev–Trinajstić information content (AvgIpc) is 2.49. The largest absolute Gasteiger partial charge is 0.445 e. The van der Waals surface area contributed by atoms with Gasteiger partial charge >= 0.3 is 12.2 Å². The van der Waals surface area contributed by atoms with Crippen LogP contribution in [0.15, 0.2) is 12.7 Å². The quantitative estimate of drug-likeness (QED) is 0.728. The van der Waals surface area contributed by atoms with Gasteiger partial charge in [0.1, 0.15) is 12.2 Å². The molecule has 132 valence electrons. The fourth-order valence-corrected chi connectivity index (χ4v) is 2.44. The summed E-state index contributed by atoms with van der Waals surface area (Å²) in [5.74, 6) is 0.517. The molecule has 0 spiro atoms. The molecule has 0 aromatic carbocycles. The number of amides is 2. The highest BCUT2D eigenvalue weighted by Gasteiger charge is 2.27. The lowest BCUT2D eigenvalue weighted by atomic mass is 9.93. The summed E-state index contributed by atoms with van der Waals surface area (Å²) in [7, 11) is 1.74. The summed E-state index contributed by atoms with van der Waals surface area (Å²) in [5.41, 5.74) is -0.456. The van der Waals surface area contributed by atoms with E-state index in [0.29, 0.717) is 25.6 Å². The van der Waals surface area contributed by atoms with E-state index in [0.717, 1.165) is 19.3 Å². The maximum Gasteiger partial charge on any atom is 0.410 e. The molecule has 23 heavy (non-hydrogen) atoms. The topological polar surface area (TPSA) is 59.1 Å². The Hall–Kier alpha value is -1.72. The lowest BCUT2D eigenvalue weighted by Gasteiger charge is -2.33. The minimum atomic E-state index is -0.456. The number of rotatable bonds is 5. The van der Waals surface area contributed by atoms with Crippen molar-refractivity contribution in [3.63, 3.8) is 0 Å². The van der Waals surface area contributed by atoms with Gasteiger partial charge in [0.25, 0.3) is 0 Å². The zero-order chi connectivity index (χ0) is 17.5. The standard InChI is InChI=1S/C17H30N2O4/c1-6-13-22-15(20)18(5)10-7-14-8-11-19(12-9-14)16(21)23-17(2,3)4/h6,14H,1,7-13H2,2-5H3. The number of carbonyl (C=O) groups excluding carboxylic acids is 2. The van der Waals surface area contributed by atoms with E-state index >= 15 is 0 Å². The Kier molecular flexibility index (Phi) is 7.39. The van der Waals surface area contributed by atoms with Crippen LogP contribution in [0.1, 0.15) is 40.0 Å². The van der Waals surface area contributed by atoms with Gasteiger partial charge in [-0.15, -0.1) is 0 Å². The van der Waals surface area contributed by atoms with Crippen molar-refractivity contribution in [2.45, 2.75) is 45.6 Å². The van der Waals surface area contributed by atoms with Crippen molar-refractivity contribution in [3.05, 3.63) is 12.7 Å². The Balaban J connectivity index is 2.27. The number of hydrogen-bond donors (Lipinski definition) is 0. The van der Waals surface area contributed by atoms with Gasteiger partial charge in [0, 0.05) is 26.7 Å². The fourth-order valence-electron chi connectivity index (χ4n) is 2.44. The van der Waals surface area contributed by atoms with E-state index in [1.165, 1.54) is 0 Å². The second-order valence-electron chi connectivity index (χ2n) is 6.99. The summed E-state index contributed by atoms with van der Waals surface area (Å²) in [5, 5.41) is 0. The molecule has 0 unspecified atom stereocenters. The van der Waals surface area contributed by atoms with Crippen LogP contribution in [0.25, 0.3) is 0 Å². The summed E-state index contributed by atoms with van der Waals surface area (Å²) in [4.78, 5) is 27.0. The third-order valence-corrected chi connectivity index (χ3v) is 3.78. The van der Waals surface area contributed by atoms with Gasteiger partial charge < -0.3 is 19.3 Å². The molecule has 0 saturated carbocycles. The lowest BCUT2D eigenvalue weighted by molar-refractivity contribution is 0.0179. The molecular formula is C17H30N2O4. The first kappa shape index (κ1) is 19.3. The Bertz CT molecular complexity index is 409. The molecule has 0 aromatic rings. The van der Waals surface area contributed by atoms with Gasteiger partial charge in [-0.3, -0.25) is 0 Å². The van der Waals surface area contributed by atoms with Crippen LogP contribution in [-0.4, -0.2) is 60.9 Å². The number of nitrogens with zero attached hydrogens (tertiary/aromatic N) is 2. The SMILES string of the molecule is C=CCOC(=O)N(C)CCC1CCN(C(=O)OC(C)(C)C)CC1. The molecule has 1 saturated heterocycles. The summed E-state index contributed by atoms with van der Waals surface area (Å²) in [6, 6.07) is 0. The van der Waals surface area contributed by atoms with E-state index in [2.05, 4.69) is 6.58 Å². The number of likely N-dealkylation sites (tertiary alicyclic amines) is 1. The average molecular weight is 326 g/mol. The van der Waals surface area contributed by atoms with Gasteiger partial charge in [-0.05, 0) is 46.0 Å². The van der Waals surface area contributed by atoms with Gasteiger partial charge in [0.15, 0.2) is 0 Å². The molecule has 1 fully saturated rings. The van der Waals surface area contributed by atoms with E-state index < -0.39 is 5.60 Å². The number of carbonyl (C=O) groups is 2. The molecule has 0 atom stereocenters. The van der Waals surface area contributed by atoms with Crippen LogP contribution in [0.3, 0.4) is 0 Å². The highest BCUT2D eigenvalue weighted by Crippen LogP contribution is 2.22. The minimum Gasteiger partial charge on any atom is -0.445 e. The van der Waals surface area contributed by atoms with Crippen molar-refractivity contribution in [1.29, 1.82) is 0 Å². The Morgan fingerprint density at radius 3 is 2.43 bits per heavy atom. The van der Waals surface area contributed by atoms with Crippen molar-refractivity contribution >= 4 is 12.2 Å². The van der Waals surface area contributed by atoms with Gasteiger partial charge in [0.2, 0.25) is 0 Å². The molecule has 0 aromatic heterocycles. The van der Waals surface area contributed by atoms with E-state index in [-0.39, 0.29) is 18.8 Å². The first-order valence-corrected chi connectivity index (χ1v) is 8.19. The van der Waals surface area contributed by atoms with Crippen molar-refractivity contribution < 1.29 is 19.1 Å². The second-order valence-corrected chi connectivity index (χ2v) is 6.99. The Morgan fingerprint density at radius 1 is 1.30 bits per heavy atom. The second kappa shape index (κ2) is 8.79. The van der Waals surface area contributed by atoms with Crippen LogP contribution < -0.4 is 0 Å². The van der Waals surface area contributed by atoms with Crippen LogP contribution in [0.2, 0.25) is 0 Å². The highest BCUT2D eigenvalue weighted by atomic mass is 16.6. The van der Waals surface area contributed by atoms with Crippen LogP contribution in [0, 0.1) is 5.92 Å².